The number of halogens is 1. The van der Waals surface area contributed by atoms with Gasteiger partial charge in [0.15, 0.2) is 0 Å². The molecule has 1 amide bonds. The van der Waals surface area contributed by atoms with E-state index in [1.54, 1.807) is 25.1 Å². The van der Waals surface area contributed by atoms with Crippen LogP contribution in [0, 0.1) is 5.92 Å². The van der Waals surface area contributed by atoms with Crippen molar-refractivity contribution in [3.63, 3.8) is 0 Å². The maximum atomic E-state index is 12.1. The Balaban J connectivity index is 2.81. The van der Waals surface area contributed by atoms with E-state index in [0.717, 1.165) is 0 Å². The van der Waals surface area contributed by atoms with Crippen LogP contribution in [0.15, 0.2) is 18.2 Å². The number of hydrogen-bond donors (Lipinski definition) is 2. The molecular weight excluding hydrogens is 294 g/mol. The van der Waals surface area contributed by atoms with E-state index in [1.807, 2.05) is 6.92 Å². The summed E-state index contributed by atoms with van der Waals surface area (Å²) in [5, 5.41) is 12.2. The smallest absolute Gasteiger partial charge is 0.326 e. The number of hydrogen-bond acceptors (Lipinski definition) is 3. The van der Waals surface area contributed by atoms with Crippen molar-refractivity contribution in [2.45, 2.75) is 32.7 Å². The average Bonchev–Trinajstić information content (AvgIpc) is 2.44. The number of carbonyl (C=O) groups is 2. The molecule has 21 heavy (non-hydrogen) atoms. The summed E-state index contributed by atoms with van der Waals surface area (Å²) in [6.45, 7) is 3.67. The van der Waals surface area contributed by atoms with E-state index in [2.05, 4.69) is 5.32 Å². The van der Waals surface area contributed by atoms with Gasteiger partial charge in [0.1, 0.15) is 11.8 Å². The summed E-state index contributed by atoms with van der Waals surface area (Å²) in [5.74, 6) is -1.00. The molecule has 1 aromatic rings. The first kappa shape index (κ1) is 17.3. The minimum atomic E-state index is -1.03. The van der Waals surface area contributed by atoms with E-state index < -0.39 is 12.0 Å². The van der Waals surface area contributed by atoms with Crippen molar-refractivity contribution in [1.82, 2.24) is 5.32 Å². The Morgan fingerprint density at radius 2 is 2.10 bits per heavy atom. The van der Waals surface area contributed by atoms with Crippen molar-refractivity contribution in [2.24, 2.45) is 5.92 Å². The zero-order chi connectivity index (χ0) is 16.0. The molecule has 2 atom stereocenters. The molecule has 0 bridgehead atoms. The van der Waals surface area contributed by atoms with Gasteiger partial charge in [0, 0.05) is 10.6 Å². The Morgan fingerprint density at radius 3 is 2.62 bits per heavy atom. The van der Waals surface area contributed by atoms with Gasteiger partial charge in [-0.05, 0) is 24.1 Å². The molecule has 0 aliphatic heterocycles. The fourth-order valence-corrected chi connectivity index (χ4v) is 2.16. The number of carboxylic acid groups (broad SMARTS) is 1. The summed E-state index contributed by atoms with van der Waals surface area (Å²) in [4.78, 5) is 23.3. The maximum Gasteiger partial charge on any atom is 0.326 e. The van der Waals surface area contributed by atoms with Gasteiger partial charge in [-0.15, -0.1) is 0 Å². The molecule has 0 saturated carbocycles. The van der Waals surface area contributed by atoms with Crippen LogP contribution in [-0.2, 0) is 16.0 Å². The predicted molar refractivity (Wildman–Crippen MR) is 80.7 cm³/mol. The van der Waals surface area contributed by atoms with Gasteiger partial charge >= 0.3 is 5.97 Å². The molecule has 0 heterocycles. The number of carboxylic acids is 1. The summed E-state index contributed by atoms with van der Waals surface area (Å²) < 4.78 is 5.17. The third-order valence-corrected chi connectivity index (χ3v) is 3.62. The second-order valence-corrected chi connectivity index (χ2v) is 5.34. The standard InChI is InChI=1S/C15H20ClNO4/c1-4-9(2)14(15(19)20)17-13(18)8-10-7-11(16)5-6-12(10)21-3/h5-7,9,14H,4,8H2,1-3H3,(H,17,18)(H,19,20)/t9-,14-/m0/s1. The minimum Gasteiger partial charge on any atom is -0.496 e. The second-order valence-electron chi connectivity index (χ2n) is 4.90. The second kappa shape index (κ2) is 7.88. The van der Waals surface area contributed by atoms with E-state index >= 15 is 0 Å². The van der Waals surface area contributed by atoms with Crippen LogP contribution in [0.25, 0.3) is 0 Å². The van der Waals surface area contributed by atoms with Gasteiger partial charge in [0.25, 0.3) is 0 Å². The lowest BCUT2D eigenvalue weighted by atomic mass is 9.99. The van der Waals surface area contributed by atoms with Crippen LogP contribution in [0.3, 0.4) is 0 Å². The zero-order valence-corrected chi connectivity index (χ0v) is 13.1. The van der Waals surface area contributed by atoms with Crippen LogP contribution in [0.1, 0.15) is 25.8 Å². The average molecular weight is 314 g/mol. The fraction of sp³-hybridized carbons (Fsp3) is 0.467. The van der Waals surface area contributed by atoms with Crippen LogP contribution in [0.2, 0.25) is 5.02 Å². The molecule has 0 unspecified atom stereocenters. The molecular formula is C15H20ClNO4. The summed E-state index contributed by atoms with van der Waals surface area (Å²) in [6.07, 6.45) is 0.682. The number of nitrogens with one attached hydrogen (secondary N) is 1. The molecule has 0 radical (unpaired) electrons. The third kappa shape index (κ3) is 4.93. The van der Waals surface area contributed by atoms with Crippen LogP contribution < -0.4 is 10.1 Å². The van der Waals surface area contributed by atoms with Crippen molar-refractivity contribution in [3.05, 3.63) is 28.8 Å². The monoisotopic (exact) mass is 313 g/mol. The van der Waals surface area contributed by atoms with Crippen LogP contribution >= 0.6 is 11.6 Å². The van der Waals surface area contributed by atoms with Gasteiger partial charge in [0.2, 0.25) is 5.91 Å². The Bertz CT molecular complexity index is 518. The van der Waals surface area contributed by atoms with Gasteiger partial charge in [0.05, 0.1) is 13.5 Å². The molecule has 1 rings (SSSR count). The van der Waals surface area contributed by atoms with Gasteiger partial charge in [-0.1, -0.05) is 31.9 Å². The Labute approximate surface area is 129 Å². The lowest BCUT2D eigenvalue weighted by Gasteiger charge is -2.20. The highest BCUT2D eigenvalue weighted by molar-refractivity contribution is 6.30. The molecule has 116 valence electrons. The summed E-state index contributed by atoms with van der Waals surface area (Å²) in [7, 11) is 1.50. The van der Waals surface area contributed by atoms with Gasteiger partial charge < -0.3 is 15.2 Å². The van der Waals surface area contributed by atoms with Crippen LogP contribution in [-0.4, -0.2) is 30.1 Å². The van der Waals surface area contributed by atoms with Gasteiger partial charge in [-0.25, -0.2) is 4.79 Å². The topological polar surface area (TPSA) is 75.6 Å². The molecule has 1 aromatic carbocycles. The number of rotatable bonds is 7. The highest BCUT2D eigenvalue weighted by Crippen LogP contribution is 2.23. The summed E-state index contributed by atoms with van der Waals surface area (Å²) in [6, 6.07) is 4.08. The highest BCUT2D eigenvalue weighted by Gasteiger charge is 2.25. The number of benzene rings is 1. The van der Waals surface area contributed by atoms with Gasteiger partial charge in [-0.2, -0.15) is 0 Å². The molecule has 0 aliphatic rings. The van der Waals surface area contributed by atoms with E-state index in [0.29, 0.717) is 22.8 Å². The van der Waals surface area contributed by atoms with Gasteiger partial charge in [-0.3, -0.25) is 4.79 Å². The normalized spacial score (nSPS) is 13.3. The fourth-order valence-electron chi connectivity index (χ4n) is 1.97. The first-order valence-electron chi connectivity index (χ1n) is 6.73. The Hall–Kier alpha value is -1.75. The SMILES string of the molecule is CC[C@H](C)[C@H](NC(=O)Cc1cc(Cl)ccc1OC)C(=O)O. The van der Waals surface area contributed by atoms with Crippen LogP contribution in [0.5, 0.6) is 5.75 Å². The highest BCUT2D eigenvalue weighted by atomic mass is 35.5. The third-order valence-electron chi connectivity index (χ3n) is 3.39. The quantitative estimate of drug-likeness (QED) is 0.811. The lowest BCUT2D eigenvalue weighted by Crippen LogP contribution is -2.45. The number of amides is 1. The largest absolute Gasteiger partial charge is 0.496 e. The number of carbonyl (C=O) groups excluding carboxylic acids is 1. The molecule has 0 saturated heterocycles. The van der Waals surface area contributed by atoms with Crippen LogP contribution in [0.4, 0.5) is 0 Å². The van der Waals surface area contributed by atoms with E-state index in [-0.39, 0.29) is 18.2 Å². The molecule has 0 aromatic heterocycles. The van der Waals surface area contributed by atoms with Crippen molar-refractivity contribution in [2.75, 3.05) is 7.11 Å². The maximum absolute atomic E-state index is 12.1. The van der Waals surface area contributed by atoms with E-state index in [1.165, 1.54) is 7.11 Å². The molecule has 0 spiro atoms. The Morgan fingerprint density at radius 1 is 1.43 bits per heavy atom. The van der Waals surface area contributed by atoms with E-state index in [4.69, 9.17) is 16.3 Å². The zero-order valence-electron chi connectivity index (χ0n) is 12.4. The Kier molecular flexibility index (Phi) is 6.49. The van der Waals surface area contributed by atoms with Crippen molar-refractivity contribution in [3.8, 4) is 5.75 Å². The molecule has 2 N–H and O–H groups in total. The lowest BCUT2D eigenvalue weighted by molar-refractivity contribution is -0.143. The number of ether oxygens (including phenoxy) is 1. The predicted octanol–water partition coefficient (Wildman–Crippen LogP) is 2.51. The number of methoxy groups -OCH3 is 1. The summed E-state index contributed by atoms with van der Waals surface area (Å²) in [5.41, 5.74) is 0.621. The van der Waals surface area contributed by atoms with Crippen molar-refractivity contribution in [1.29, 1.82) is 0 Å². The summed E-state index contributed by atoms with van der Waals surface area (Å²) >= 11 is 5.90. The molecule has 6 heteroatoms. The minimum absolute atomic E-state index is 0.0178. The first-order chi connectivity index (χ1) is 9.88. The number of aliphatic carboxylic acids is 1. The van der Waals surface area contributed by atoms with Crippen molar-refractivity contribution >= 4 is 23.5 Å². The van der Waals surface area contributed by atoms with Crippen molar-refractivity contribution < 1.29 is 19.4 Å². The molecule has 0 fully saturated rings. The van der Waals surface area contributed by atoms with E-state index in [9.17, 15) is 14.7 Å². The molecule has 5 nitrogen and oxygen atoms in total. The molecule has 0 aliphatic carbocycles. The first-order valence-corrected chi connectivity index (χ1v) is 7.11.